The third-order valence-corrected chi connectivity index (χ3v) is 5.43. The number of benzene rings is 3. The number of amides is 1. The van der Waals surface area contributed by atoms with Gasteiger partial charge in [0.15, 0.2) is 0 Å². The summed E-state index contributed by atoms with van der Waals surface area (Å²) >= 11 is 0. The summed E-state index contributed by atoms with van der Waals surface area (Å²) in [5.74, 6) is 0.823. The Morgan fingerprint density at radius 1 is 1.00 bits per heavy atom. The molecule has 3 aromatic carbocycles. The number of phenolic OH excluding ortho intramolecular Hbond substituents is 1. The fraction of sp³-hybridized carbons (Fsp3) is 0.269. The molecule has 7 N–H and O–H groups in total. The first-order valence-electron chi connectivity index (χ1n) is 11.2. The third-order valence-electron chi connectivity index (χ3n) is 5.43. The monoisotopic (exact) mass is 464 g/mol. The predicted octanol–water partition coefficient (Wildman–Crippen LogP) is 2.91. The van der Waals surface area contributed by atoms with Crippen LogP contribution < -0.4 is 26.4 Å². The number of ether oxygens (including phenoxy) is 1. The Morgan fingerprint density at radius 2 is 1.74 bits per heavy atom. The van der Waals surface area contributed by atoms with Gasteiger partial charge in [-0.15, -0.1) is 0 Å². The molecule has 1 amide bonds. The standard InChI is InChI=1S/C26H32N4O4/c1-34-25-9-7-22(16-20(25)10-12-27)30-21-5-2-18(3-6-21)11-13-28-26(33)15-19-4-8-24(32)23(14-19)29-17-31/h2-9,14,16-17,26,28,30,32-33H,10-13,15,27H2,1H3,(H,29,31)/t26-/m1/s1. The number of hydrogen-bond donors (Lipinski definition) is 6. The molecule has 0 unspecified atom stereocenters. The van der Waals surface area contributed by atoms with Crippen molar-refractivity contribution in [1.29, 1.82) is 0 Å². The van der Waals surface area contributed by atoms with Crippen LogP contribution in [0, 0.1) is 0 Å². The van der Waals surface area contributed by atoms with Gasteiger partial charge in [0.1, 0.15) is 17.7 Å². The number of aliphatic hydroxyl groups is 1. The molecule has 0 spiro atoms. The second-order valence-corrected chi connectivity index (χ2v) is 7.92. The van der Waals surface area contributed by atoms with Crippen LogP contribution in [0.2, 0.25) is 0 Å². The topological polar surface area (TPSA) is 129 Å². The highest BCUT2D eigenvalue weighted by atomic mass is 16.5. The van der Waals surface area contributed by atoms with E-state index >= 15 is 0 Å². The molecule has 0 aliphatic carbocycles. The minimum atomic E-state index is -0.743. The molecule has 0 aliphatic rings. The van der Waals surface area contributed by atoms with Crippen molar-refractivity contribution in [3.8, 4) is 11.5 Å². The zero-order valence-electron chi connectivity index (χ0n) is 19.3. The molecule has 0 fully saturated rings. The number of carbonyl (C=O) groups excluding carboxylic acids is 1. The van der Waals surface area contributed by atoms with E-state index in [4.69, 9.17) is 10.5 Å². The number of carbonyl (C=O) groups is 1. The van der Waals surface area contributed by atoms with Gasteiger partial charge in [0.2, 0.25) is 6.41 Å². The molecular weight excluding hydrogens is 432 g/mol. The minimum absolute atomic E-state index is 0.0146. The van der Waals surface area contributed by atoms with Crippen molar-refractivity contribution in [2.24, 2.45) is 5.73 Å². The lowest BCUT2D eigenvalue weighted by Crippen LogP contribution is -2.32. The highest BCUT2D eigenvalue weighted by molar-refractivity contribution is 5.75. The van der Waals surface area contributed by atoms with E-state index in [1.165, 1.54) is 6.07 Å². The fourth-order valence-electron chi connectivity index (χ4n) is 3.70. The minimum Gasteiger partial charge on any atom is -0.506 e. The molecule has 0 saturated carbocycles. The quantitative estimate of drug-likeness (QED) is 0.130. The molecule has 180 valence electrons. The van der Waals surface area contributed by atoms with Crippen LogP contribution in [0.4, 0.5) is 17.1 Å². The van der Waals surface area contributed by atoms with Crippen LogP contribution in [-0.2, 0) is 24.1 Å². The number of nitrogens with two attached hydrogens (primary N) is 1. The third kappa shape index (κ3) is 7.21. The van der Waals surface area contributed by atoms with Crippen LogP contribution >= 0.6 is 0 Å². The van der Waals surface area contributed by atoms with Crippen molar-refractivity contribution in [3.05, 3.63) is 77.4 Å². The number of rotatable bonds is 13. The van der Waals surface area contributed by atoms with Gasteiger partial charge in [-0.2, -0.15) is 0 Å². The smallest absolute Gasteiger partial charge is 0.211 e. The predicted molar refractivity (Wildman–Crippen MR) is 135 cm³/mol. The molecular formula is C26H32N4O4. The Bertz CT molecular complexity index is 1070. The molecule has 1 atom stereocenters. The maximum absolute atomic E-state index is 10.6. The van der Waals surface area contributed by atoms with Crippen molar-refractivity contribution in [1.82, 2.24) is 5.32 Å². The summed E-state index contributed by atoms with van der Waals surface area (Å²) in [4.78, 5) is 10.6. The first kappa shape index (κ1) is 25.0. The summed E-state index contributed by atoms with van der Waals surface area (Å²) in [5, 5.41) is 28.9. The van der Waals surface area contributed by atoms with Gasteiger partial charge in [-0.05, 0) is 78.5 Å². The zero-order valence-corrected chi connectivity index (χ0v) is 19.3. The molecule has 0 aliphatic heterocycles. The lowest BCUT2D eigenvalue weighted by Gasteiger charge is -2.14. The van der Waals surface area contributed by atoms with Crippen LogP contribution in [0.15, 0.2) is 60.7 Å². The van der Waals surface area contributed by atoms with Crippen molar-refractivity contribution in [3.63, 3.8) is 0 Å². The van der Waals surface area contributed by atoms with Gasteiger partial charge in [-0.1, -0.05) is 18.2 Å². The van der Waals surface area contributed by atoms with Crippen LogP contribution in [0.3, 0.4) is 0 Å². The largest absolute Gasteiger partial charge is 0.506 e. The summed E-state index contributed by atoms with van der Waals surface area (Å²) in [6.45, 7) is 1.16. The summed E-state index contributed by atoms with van der Waals surface area (Å²) in [6, 6.07) is 19.0. The molecule has 0 saturated heterocycles. The Labute approximate surface area is 199 Å². The van der Waals surface area contributed by atoms with E-state index in [9.17, 15) is 15.0 Å². The average Bonchev–Trinajstić information content (AvgIpc) is 2.83. The SMILES string of the molecule is COc1ccc(Nc2ccc(CCN[C@H](O)Cc3ccc(O)c(NC=O)c3)cc2)cc1CCN. The van der Waals surface area contributed by atoms with Crippen LogP contribution in [0.5, 0.6) is 11.5 Å². The molecule has 3 aromatic rings. The van der Waals surface area contributed by atoms with Crippen molar-refractivity contribution < 1.29 is 19.7 Å². The number of nitrogens with one attached hydrogen (secondary N) is 3. The number of aromatic hydroxyl groups is 1. The number of hydrogen-bond acceptors (Lipinski definition) is 7. The zero-order chi connectivity index (χ0) is 24.3. The lowest BCUT2D eigenvalue weighted by atomic mass is 10.1. The van der Waals surface area contributed by atoms with Crippen LogP contribution in [0.25, 0.3) is 0 Å². The highest BCUT2D eigenvalue weighted by Crippen LogP contribution is 2.26. The van der Waals surface area contributed by atoms with E-state index < -0.39 is 6.23 Å². The molecule has 0 bridgehead atoms. The fourth-order valence-corrected chi connectivity index (χ4v) is 3.70. The summed E-state index contributed by atoms with van der Waals surface area (Å²) in [7, 11) is 1.66. The van der Waals surface area contributed by atoms with Gasteiger partial charge in [-0.3, -0.25) is 10.1 Å². The number of aliphatic hydroxyl groups excluding tert-OH is 1. The second-order valence-electron chi connectivity index (χ2n) is 7.92. The van der Waals surface area contributed by atoms with Gasteiger partial charge in [0.05, 0.1) is 12.8 Å². The molecule has 3 rings (SSSR count). The highest BCUT2D eigenvalue weighted by Gasteiger charge is 2.08. The number of methoxy groups -OCH3 is 1. The van der Waals surface area contributed by atoms with Crippen LogP contribution in [0.1, 0.15) is 16.7 Å². The Balaban J connectivity index is 1.48. The number of anilines is 3. The Hall–Kier alpha value is -3.59. The molecule has 0 heterocycles. The van der Waals surface area contributed by atoms with Gasteiger partial charge >= 0.3 is 0 Å². The maximum Gasteiger partial charge on any atom is 0.211 e. The van der Waals surface area contributed by atoms with E-state index in [-0.39, 0.29) is 5.75 Å². The van der Waals surface area contributed by atoms with Gasteiger partial charge in [0, 0.05) is 24.3 Å². The Kier molecular flexibility index (Phi) is 9.28. The van der Waals surface area contributed by atoms with Gasteiger partial charge in [-0.25, -0.2) is 0 Å². The average molecular weight is 465 g/mol. The second kappa shape index (κ2) is 12.6. The van der Waals surface area contributed by atoms with E-state index in [2.05, 4.69) is 34.1 Å². The molecule has 0 aromatic heterocycles. The molecule has 0 radical (unpaired) electrons. The van der Waals surface area contributed by atoms with E-state index in [0.29, 0.717) is 31.6 Å². The first-order chi connectivity index (χ1) is 16.5. The molecule has 8 heteroatoms. The summed E-state index contributed by atoms with van der Waals surface area (Å²) in [5.41, 5.74) is 11.0. The summed E-state index contributed by atoms with van der Waals surface area (Å²) in [6.07, 6.45) is 1.62. The molecule has 8 nitrogen and oxygen atoms in total. The molecule has 34 heavy (non-hydrogen) atoms. The lowest BCUT2D eigenvalue weighted by molar-refractivity contribution is -0.105. The summed E-state index contributed by atoms with van der Waals surface area (Å²) < 4.78 is 5.39. The van der Waals surface area contributed by atoms with E-state index in [1.807, 2.05) is 24.3 Å². The van der Waals surface area contributed by atoms with Crippen molar-refractivity contribution in [2.45, 2.75) is 25.5 Å². The number of phenols is 1. The van der Waals surface area contributed by atoms with Gasteiger partial charge < -0.3 is 31.3 Å². The Morgan fingerprint density at radius 3 is 2.44 bits per heavy atom. The van der Waals surface area contributed by atoms with Gasteiger partial charge in [0.25, 0.3) is 0 Å². The van der Waals surface area contributed by atoms with Crippen molar-refractivity contribution >= 4 is 23.5 Å². The maximum atomic E-state index is 10.6. The van der Waals surface area contributed by atoms with Crippen molar-refractivity contribution in [2.75, 3.05) is 30.8 Å². The normalized spacial score (nSPS) is 11.6. The van der Waals surface area contributed by atoms with E-state index in [0.717, 1.165) is 46.7 Å². The van der Waals surface area contributed by atoms with E-state index in [1.54, 1.807) is 19.2 Å². The van der Waals surface area contributed by atoms with Crippen LogP contribution in [-0.4, -0.2) is 43.1 Å². The first-order valence-corrected chi connectivity index (χ1v) is 11.2.